The van der Waals surface area contributed by atoms with Crippen LogP contribution in [0.3, 0.4) is 0 Å². The minimum Gasteiger partial charge on any atom is -0.444 e. The average molecular weight is 294 g/mol. The second-order valence-electron chi connectivity index (χ2n) is 6.74. The third-order valence-electron chi connectivity index (χ3n) is 3.54. The Bertz CT molecular complexity index is 453. The number of likely N-dealkylation sites (tertiary alicyclic amines) is 1. The topological polar surface area (TPSA) is 70.2 Å². The number of amides is 1. The van der Waals surface area contributed by atoms with Gasteiger partial charge in [-0.3, -0.25) is 5.10 Å². The van der Waals surface area contributed by atoms with Crippen LogP contribution in [0.5, 0.6) is 0 Å². The van der Waals surface area contributed by atoms with Crippen molar-refractivity contribution in [2.75, 3.05) is 11.9 Å². The number of rotatable bonds is 4. The number of carbonyl (C=O) groups excluding carboxylic acids is 1. The number of aromatic nitrogens is 2. The third kappa shape index (κ3) is 4.65. The van der Waals surface area contributed by atoms with Crippen molar-refractivity contribution in [3.8, 4) is 0 Å². The van der Waals surface area contributed by atoms with Gasteiger partial charge < -0.3 is 15.0 Å². The van der Waals surface area contributed by atoms with Gasteiger partial charge in [0.15, 0.2) is 0 Å². The molecule has 1 aliphatic heterocycles. The van der Waals surface area contributed by atoms with Crippen LogP contribution in [0.1, 0.15) is 47.0 Å². The third-order valence-corrected chi connectivity index (χ3v) is 3.54. The summed E-state index contributed by atoms with van der Waals surface area (Å²) < 4.78 is 5.49. The van der Waals surface area contributed by atoms with Gasteiger partial charge >= 0.3 is 6.09 Å². The highest BCUT2D eigenvalue weighted by Crippen LogP contribution is 2.24. The number of hydrogen-bond acceptors (Lipinski definition) is 4. The lowest BCUT2D eigenvalue weighted by Gasteiger charge is -2.30. The minimum absolute atomic E-state index is 0.194. The van der Waals surface area contributed by atoms with Gasteiger partial charge in [-0.2, -0.15) is 5.10 Å². The van der Waals surface area contributed by atoms with E-state index in [4.69, 9.17) is 4.74 Å². The van der Waals surface area contributed by atoms with Gasteiger partial charge in [0.05, 0.1) is 11.9 Å². The van der Waals surface area contributed by atoms with Crippen molar-refractivity contribution in [3.05, 3.63) is 12.4 Å². The highest BCUT2D eigenvalue weighted by Gasteiger charge is 2.32. The lowest BCUT2D eigenvalue weighted by molar-refractivity contribution is 0.0218. The highest BCUT2D eigenvalue weighted by atomic mass is 16.6. The Morgan fingerprint density at radius 3 is 3.00 bits per heavy atom. The summed E-state index contributed by atoms with van der Waals surface area (Å²) in [4.78, 5) is 14.1. The van der Waals surface area contributed by atoms with Gasteiger partial charge in [-0.1, -0.05) is 0 Å². The molecule has 6 nitrogen and oxygen atoms in total. The van der Waals surface area contributed by atoms with E-state index in [0.717, 1.165) is 31.5 Å². The standard InChI is InChI=1S/C15H26N4O2/c1-11(18-12-9-16-17-10-12)8-13-6-5-7-19(13)14(20)21-15(2,3)4/h9-11,13,18H,5-8H2,1-4H3,(H,16,17). The molecule has 0 aliphatic carbocycles. The van der Waals surface area contributed by atoms with Crippen LogP contribution in [0.15, 0.2) is 12.4 Å². The van der Waals surface area contributed by atoms with Crippen LogP contribution in [-0.2, 0) is 4.74 Å². The zero-order valence-electron chi connectivity index (χ0n) is 13.3. The van der Waals surface area contributed by atoms with Gasteiger partial charge in [0, 0.05) is 24.8 Å². The molecule has 1 fully saturated rings. The maximum atomic E-state index is 12.2. The molecular weight excluding hydrogens is 268 g/mol. The number of hydrogen-bond donors (Lipinski definition) is 2. The number of nitrogens with zero attached hydrogens (tertiary/aromatic N) is 2. The van der Waals surface area contributed by atoms with E-state index in [1.165, 1.54) is 0 Å². The summed E-state index contributed by atoms with van der Waals surface area (Å²) in [5, 5.41) is 10.1. The molecule has 2 atom stereocenters. The predicted octanol–water partition coefficient (Wildman–Crippen LogP) is 3.00. The quantitative estimate of drug-likeness (QED) is 0.895. The van der Waals surface area contributed by atoms with Gasteiger partial charge in [0.2, 0.25) is 0 Å². The summed E-state index contributed by atoms with van der Waals surface area (Å²) in [5.41, 5.74) is 0.537. The fraction of sp³-hybridized carbons (Fsp3) is 0.733. The molecule has 2 rings (SSSR count). The Hall–Kier alpha value is -1.72. The molecule has 21 heavy (non-hydrogen) atoms. The summed E-state index contributed by atoms with van der Waals surface area (Å²) in [5.74, 6) is 0. The SMILES string of the molecule is CC(CC1CCCN1C(=O)OC(C)(C)C)Nc1cn[nH]c1. The number of ether oxygens (including phenoxy) is 1. The largest absolute Gasteiger partial charge is 0.444 e. The maximum absolute atomic E-state index is 12.2. The Balaban J connectivity index is 1.88. The molecule has 0 bridgehead atoms. The molecule has 0 spiro atoms. The lowest BCUT2D eigenvalue weighted by Crippen LogP contribution is -2.41. The van der Waals surface area contributed by atoms with Crippen molar-refractivity contribution in [2.45, 2.75) is 64.6 Å². The van der Waals surface area contributed by atoms with Crippen LogP contribution < -0.4 is 5.32 Å². The number of carbonyl (C=O) groups is 1. The van der Waals surface area contributed by atoms with Crippen molar-refractivity contribution in [1.82, 2.24) is 15.1 Å². The number of nitrogens with one attached hydrogen (secondary N) is 2. The first kappa shape index (κ1) is 15.7. The monoisotopic (exact) mass is 294 g/mol. The normalized spacial score (nSPS) is 20.4. The Kier molecular flexibility index (Phi) is 4.75. The number of anilines is 1. The molecule has 1 saturated heterocycles. The first-order valence-electron chi connectivity index (χ1n) is 7.60. The second kappa shape index (κ2) is 6.37. The molecule has 0 radical (unpaired) electrons. The van der Waals surface area contributed by atoms with Gasteiger partial charge in [-0.15, -0.1) is 0 Å². The van der Waals surface area contributed by atoms with Crippen LogP contribution in [0, 0.1) is 0 Å². The molecular formula is C15H26N4O2. The maximum Gasteiger partial charge on any atom is 0.410 e. The molecule has 2 N–H and O–H groups in total. The predicted molar refractivity (Wildman–Crippen MR) is 82.3 cm³/mol. The van der Waals surface area contributed by atoms with E-state index in [-0.39, 0.29) is 18.2 Å². The van der Waals surface area contributed by atoms with E-state index in [2.05, 4.69) is 22.4 Å². The first-order chi connectivity index (χ1) is 9.85. The fourth-order valence-corrected chi connectivity index (χ4v) is 2.72. The van der Waals surface area contributed by atoms with E-state index >= 15 is 0 Å². The zero-order chi connectivity index (χ0) is 15.5. The lowest BCUT2D eigenvalue weighted by atomic mass is 10.1. The molecule has 0 aromatic carbocycles. The molecule has 6 heteroatoms. The van der Waals surface area contributed by atoms with Crippen molar-refractivity contribution in [3.63, 3.8) is 0 Å². The van der Waals surface area contributed by atoms with Gasteiger partial charge in [0.25, 0.3) is 0 Å². The summed E-state index contributed by atoms with van der Waals surface area (Å²) in [7, 11) is 0. The van der Waals surface area contributed by atoms with E-state index in [1.807, 2.05) is 31.9 Å². The number of aromatic amines is 1. The van der Waals surface area contributed by atoms with Crippen LogP contribution >= 0.6 is 0 Å². The molecule has 0 saturated carbocycles. The molecule has 2 unspecified atom stereocenters. The van der Waals surface area contributed by atoms with Crippen molar-refractivity contribution in [1.29, 1.82) is 0 Å². The highest BCUT2D eigenvalue weighted by molar-refractivity contribution is 5.69. The van der Waals surface area contributed by atoms with Crippen LogP contribution in [0.2, 0.25) is 0 Å². The second-order valence-corrected chi connectivity index (χ2v) is 6.74. The number of H-pyrrole nitrogens is 1. The Morgan fingerprint density at radius 1 is 1.62 bits per heavy atom. The van der Waals surface area contributed by atoms with Crippen LogP contribution in [0.4, 0.5) is 10.5 Å². The fourth-order valence-electron chi connectivity index (χ4n) is 2.72. The van der Waals surface area contributed by atoms with Crippen LogP contribution in [-0.4, -0.2) is 45.4 Å². The first-order valence-corrected chi connectivity index (χ1v) is 7.60. The Labute approximate surface area is 126 Å². The van der Waals surface area contributed by atoms with Gasteiger partial charge in [0.1, 0.15) is 5.60 Å². The summed E-state index contributed by atoms with van der Waals surface area (Å²) >= 11 is 0. The van der Waals surface area contributed by atoms with Crippen molar-refractivity contribution < 1.29 is 9.53 Å². The molecule has 2 heterocycles. The van der Waals surface area contributed by atoms with E-state index < -0.39 is 5.60 Å². The minimum atomic E-state index is -0.440. The van der Waals surface area contributed by atoms with Gasteiger partial charge in [-0.25, -0.2) is 4.79 Å². The van der Waals surface area contributed by atoms with Crippen LogP contribution in [0.25, 0.3) is 0 Å². The van der Waals surface area contributed by atoms with E-state index in [0.29, 0.717) is 0 Å². The van der Waals surface area contributed by atoms with Crippen molar-refractivity contribution >= 4 is 11.8 Å². The van der Waals surface area contributed by atoms with E-state index in [1.54, 1.807) is 6.20 Å². The Morgan fingerprint density at radius 2 is 2.38 bits per heavy atom. The molecule has 1 aliphatic rings. The summed E-state index contributed by atoms with van der Waals surface area (Å²) in [6.07, 6.45) is 6.39. The van der Waals surface area contributed by atoms with Crippen molar-refractivity contribution in [2.24, 2.45) is 0 Å². The van der Waals surface area contributed by atoms with E-state index in [9.17, 15) is 4.79 Å². The van der Waals surface area contributed by atoms with Gasteiger partial charge in [-0.05, 0) is 47.0 Å². The summed E-state index contributed by atoms with van der Waals surface area (Å²) in [6, 6.07) is 0.518. The molecule has 118 valence electrons. The zero-order valence-corrected chi connectivity index (χ0v) is 13.3. The average Bonchev–Trinajstić information content (AvgIpc) is 2.97. The smallest absolute Gasteiger partial charge is 0.410 e. The molecule has 1 aromatic rings. The molecule has 1 amide bonds. The molecule has 1 aromatic heterocycles. The summed E-state index contributed by atoms with van der Waals surface area (Å²) in [6.45, 7) is 8.62.